The third-order valence-corrected chi connectivity index (χ3v) is 12.2. The highest BCUT2D eigenvalue weighted by Crippen LogP contribution is 2.35. The monoisotopic (exact) mass is 863 g/mol. The van der Waals surface area contributed by atoms with Crippen LogP contribution in [-0.4, -0.2) is 111 Å². The molecule has 5 atom stereocenters. The Bertz CT molecular complexity index is 2510. The Morgan fingerprint density at radius 1 is 0.734 bits per heavy atom. The number of hydrogen-bond donors (Lipinski definition) is 4. The molecule has 3 aromatic carbocycles. The summed E-state index contributed by atoms with van der Waals surface area (Å²) in [6, 6.07) is 22.7. The summed E-state index contributed by atoms with van der Waals surface area (Å²) >= 11 is 0. The Morgan fingerprint density at radius 2 is 1.27 bits per heavy atom. The summed E-state index contributed by atoms with van der Waals surface area (Å²) in [4.78, 5) is 74.6. The molecule has 3 aliphatic rings. The van der Waals surface area contributed by atoms with Crippen molar-refractivity contribution in [1.82, 2.24) is 45.3 Å². The number of aromatic nitrogens is 4. The van der Waals surface area contributed by atoms with Crippen molar-refractivity contribution in [1.29, 1.82) is 0 Å². The molecule has 3 aliphatic heterocycles. The minimum atomic E-state index is -0.898. The molecule has 0 aliphatic carbocycles. The van der Waals surface area contributed by atoms with E-state index in [2.05, 4.69) is 48.7 Å². The zero-order valence-electron chi connectivity index (χ0n) is 36.1. The predicted molar refractivity (Wildman–Crippen MR) is 240 cm³/mol. The van der Waals surface area contributed by atoms with Gasteiger partial charge in [0.1, 0.15) is 23.7 Å². The molecule has 5 heterocycles. The van der Waals surface area contributed by atoms with Crippen LogP contribution in [0, 0.1) is 11.8 Å². The van der Waals surface area contributed by atoms with Crippen molar-refractivity contribution >= 4 is 23.9 Å². The Morgan fingerprint density at radius 3 is 1.80 bits per heavy atom. The molecule has 64 heavy (non-hydrogen) atoms. The second-order valence-corrected chi connectivity index (χ2v) is 16.2. The number of carbonyl (C=O) groups excluding carboxylic acids is 4. The Kier molecular flexibility index (Phi) is 13.5. The highest BCUT2D eigenvalue weighted by molar-refractivity contribution is 5.89. The second kappa shape index (κ2) is 19.9. The molecule has 0 unspecified atom stereocenters. The summed E-state index contributed by atoms with van der Waals surface area (Å²) in [5.41, 5.74) is 5.97. The number of nitrogens with zero attached hydrogens (tertiary/aromatic N) is 5. The number of nitrogens with one attached hydrogen (secondary N) is 4. The molecule has 0 spiro atoms. The summed E-state index contributed by atoms with van der Waals surface area (Å²) in [5, 5.41) is 5.60. The number of benzene rings is 3. The first-order valence-electron chi connectivity index (χ1n) is 21.8. The van der Waals surface area contributed by atoms with Gasteiger partial charge in [0.15, 0.2) is 0 Å². The van der Waals surface area contributed by atoms with E-state index >= 15 is 0 Å². The second-order valence-electron chi connectivity index (χ2n) is 16.2. The van der Waals surface area contributed by atoms with Crippen LogP contribution in [0.25, 0.3) is 22.5 Å². The zero-order valence-corrected chi connectivity index (χ0v) is 36.1. The van der Waals surface area contributed by atoms with Crippen molar-refractivity contribution in [2.45, 2.75) is 68.7 Å². The molecule has 0 saturated carbocycles. The maximum absolute atomic E-state index is 14.4. The summed E-state index contributed by atoms with van der Waals surface area (Å²) in [6.45, 7) is 5.90. The van der Waals surface area contributed by atoms with Crippen LogP contribution in [-0.2, 0) is 19.1 Å². The number of carbonyl (C=O) groups is 4. The fourth-order valence-corrected chi connectivity index (χ4v) is 8.91. The van der Waals surface area contributed by atoms with E-state index < -0.39 is 18.2 Å². The molecule has 2 aromatic heterocycles. The standard InChI is InChI=1S/C49H53N9O6/c1-4-38(54-49(62)64-3)46(59)57-27-9-14-41(57)44-50-29-39(52-44)34-22-18-32(19-23-34)16-17-33-20-24-35(25-21-33)40-30-51-45(53-40)42-15-10-28-58(42)47(60)43(36-11-6-5-7-12-36)55-48(61)56-26-8-13-37(56)31-63-2/h4-7,11-12,18-25,29-30,37-38,41-43H,1,8-10,13-15,26-28,31H2,2-3H3,(H,50,52)(H,51,53)(H,54,62)(H,55,61)/t37-,38-,41+,42+,43-/m1/s1. The number of rotatable bonds is 12. The maximum atomic E-state index is 14.4. The van der Waals surface area contributed by atoms with Crippen LogP contribution in [0.5, 0.6) is 0 Å². The number of H-pyrrole nitrogens is 2. The van der Waals surface area contributed by atoms with Crippen LogP contribution in [0.1, 0.15) is 85.0 Å². The van der Waals surface area contributed by atoms with Gasteiger partial charge in [-0.2, -0.15) is 0 Å². The van der Waals surface area contributed by atoms with Crippen molar-refractivity contribution in [3.8, 4) is 34.4 Å². The van der Waals surface area contributed by atoms with Crippen molar-refractivity contribution in [3.63, 3.8) is 0 Å². The molecule has 0 radical (unpaired) electrons. The summed E-state index contributed by atoms with van der Waals surface area (Å²) in [5.74, 6) is 7.48. The van der Waals surface area contributed by atoms with E-state index in [0.717, 1.165) is 77.7 Å². The molecule has 8 rings (SSSR count). The molecule has 5 amide bonds. The third-order valence-electron chi connectivity index (χ3n) is 12.2. The number of amides is 5. The van der Waals surface area contributed by atoms with Gasteiger partial charge in [-0.3, -0.25) is 9.59 Å². The van der Waals surface area contributed by atoms with Crippen LogP contribution in [0.15, 0.2) is 104 Å². The van der Waals surface area contributed by atoms with Gasteiger partial charge in [-0.1, -0.05) is 72.5 Å². The number of imidazole rings is 2. The highest BCUT2D eigenvalue weighted by atomic mass is 16.5. The predicted octanol–water partition coefficient (Wildman–Crippen LogP) is 6.67. The number of aromatic amines is 2. The number of urea groups is 1. The fourth-order valence-electron chi connectivity index (χ4n) is 8.91. The van der Waals surface area contributed by atoms with Gasteiger partial charge in [0.25, 0.3) is 0 Å². The molecule has 15 heteroatoms. The smallest absolute Gasteiger partial charge is 0.407 e. The van der Waals surface area contributed by atoms with Crippen LogP contribution >= 0.6 is 0 Å². The molecular weight excluding hydrogens is 811 g/mol. The van der Waals surface area contributed by atoms with Gasteiger partial charge in [-0.15, -0.1) is 6.58 Å². The lowest BCUT2D eigenvalue weighted by Gasteiger charge is -2.31. The highest BCUT2D eigenvalue weighted by Gasteiger charge is 2.39. The number of alkyl carbamates (subject to hydrolysis) is 1. The zero-order chi connectivity index (χ0) is 44.6. The van der Waals surface area contributed by atoms with Crippen LogP contribution in [0.4, 0.5) is 9.59 Å². The van der Waals surface area contributed by atoms with Crippen LogP contribution < -0.4 is 10.6 Å². The minimum Gasteiger partial charge on any atom is -0.453 e. The number of hydrogen-bond acceptors (Lipinski definition) is 8. The molecule has 3 fully saturated rings. The first-order valence-corrected chi connectivity index (χ1v) is 21.8. The first-order chi connectivity index (χ1) is 31.2. The van der Waals surface area contributed by atoms with Crippen molar-refractivity contribution in [2.24, 2.45) is 0 Å². The lowest BCUT2D eigenvalue weighted by molar-refractivity contribution is -0.134. The van der Waals surface area contributed by atoms with Gasteiger partial charge >= 0.3 is 12.1 Å². The van der Waals surface area contributed by atoms with Gasteiger partial charge < -0.3 is 44.8 Å². The van der Waals surface area contributed by atoms with Gasteiger partial charge in [0, 0.05) is 37.9 Å². The molecule has 330 valence electrons. The topological polar surface area (TPSA) is 178 Å². The SMILES string of the molecule is C=C[C@@H](NC(=O)OC)C(=O)N1CCC[C@H]1c1ncc(-c2ccc(C#Cc3ccc(-c4cnc([C@@H]5CCCN5C(=O)[C@H](NC(=O)N5CCC[C@@H]5COC)c5ccccc5)[nH]4)cc3)cc2)[nH]1. The number of likely N-dealkylation sites (tertiary alicyclic amines) is 3. The van der Waals surface area contributed by atoms with Gasteiger partial charge in [-0.05, 0) is 79.5 Å². The van der Waals surface area contributed by atoms with E-state index in [1.165, 1.54) is 13.2 Å². The van der Waals surface area contributed by atoms with Crippen molar-refractivity contribution in [3.05, 3.63) is 132 Å². The molecule has 0 bridgehead atoms. The average molecular weight is 864 g/mol. The Balaban J connectivity index is 0.895. The van der Waals surface area contributed by atoms with Crippen molar-refractivity contribution < 1.29 is 28.7 Å². The summed E-state index contributed by atoms with van der Waals surface area (Å²) < 4.78 is 10.0. The van der Waals surface area contributed by atoms with Gasteiger partial charge in [0.05, 0.1) is 55.6 Å². The largest absolute Gasteiger partial charge is 0.453 e. The minimum absolute atomic E-state index is 0.0178. The van der Waals surface area contributed by atoms with Crippen LogP contribution in [0.2, 0.25) is 0 Å². The summed E-state index contributed by atoms with van der Waals surface area (Å²) in [7, 11) is 2.89. The van der Waals surface area contributed by atoms with E-state index in [1.807, 2.05) is 83.8 Å². The van der Waals surface area contributed by atoms with Gasteiger partial charge in [-0.25, -0.2) is 19.6 Å². The molecule has 3 saturated heterocycles. The van der Waals surface area contributed by atoms with Crippen molar-refractivity contribution in [2.75, 3.05) is 40.5 Å². The quantitative estimate of drug-likeness (QED) is 0.0795. The molecule has 15 nitrogen and oxygen atoms in total. The number of ether oxygens (including phenoxy) is 2. The van der Waals surface area contributed by atoms with E-state index in [1.54, 1.807) is 29.3 Å². The van der Waals surface area contributed by atoms with E-state index in [0.29, 0.717) is 37.9 Å². The van der Waals surface area contributed by atoms with E-state index in [9.17, 15) is 19.2 Å². The van der Waals surface area contributed by atoms with E-state index in [4.69, 9.17) is 9.72 Å². The van der Waals surface area contributed by atoms with Crippen LogP contribution in [0.3, 0.4) is 0 Å². The molecule has 5 aromatic rings. The lowest BCUT2D eigenvalue weighted by atomic mass is 10.0. The Hall–Kier alpha value is -7.18. The molecule has 4 N–H and O–H groups in total. The summed E-state index contributed by atoms with van der Waals surface area (Å²) in [6.07, 6.45) is 9.17. The number of methoxy groups -OCH3 is 2. The first kappa shape index (κ1) is 43.5. The fraction of sp³-hybridized carbons (Fsp3) is 0.347. The lowest BCUT2D eigenvalue weighted by Crippen LogP contribution is -2.49. The van der Waals surface area contributed by atoms with Gasteiger partial charge in [0.2, 0.25) is 11.8 Å². The average Bonchev–Trinajstić information content (AvgIpc) is 4.19. The normalized spacial score (nSPS) is 19.1. The van der Waals surface area contributed by atoms with E-state index in [-0.39, 0.29) is 36.0 Å². The molecular formula is C49H53N9O6. The Labute approximate surface area is 372 Å². The third kappa shape index (κ3) is 9.57. The maximum Gasteiger partial charge on any atom is 0.407 e.